The molecule has 5 heteroatoms. The summed E-state index contributed by atoms with van der Waals surface area (Å²) in [6, 6.07) is 4.72. The number of nitrogen functional groups attached to an aromatic ring is 1. The SMILES string of the molecule is CN(CCO)C(=O)c1ccc(N)cc1Cl. The predicted molar refractivity (Wildman–Crippen MR) is 59.9 cm³/mol. The number of hydrogen-bond donors (Lipinski definition) is 2. The first-order valence-electron chi connectivity index (χ1n) is 4.47. The van der Waals surface area contributed by atoms with Gasteiger partial charge in [-0.05, 0) is 18.2 Å². The van der Waals surface area contributed by atoms with Crippen molar-refractivity contribution >= 4 is 23.2 Å². The zero-order valence-electron chi connectivity index (χ0n) is 8.40. The molecule has 0 bridgehead atoms. The van der Waals surface area contributed by atoms with Crippen molar-refractivity contribution in [2.45, 2.75) is 0 Å². The smallest absolute Gasteiger partial charge is 0.255 e. The van der Waals surface area contributed by atoms with Gasteiger partial charge >= 0.3 is 0 Å². The molecule has 1 rings (SSSR count). The third kappa shape index (κ3) is 2.84. The van der Waals surface area contributed by atoms with E-state index < -0.39 is 0 Å². The predicted octanol–water partition coefficient (Wildman–Crippen LogP) is 0.986. The Bertz CT molecular complexity index is 368. The number of amides is 1. The van der Waals surface area contributed by atoms with Gasteiger partial charge < -0.3 is 15.7 Å². The monoisotopic (exact) mass is 228 g/mol. The minimum absolute atomic E-state index is 0.0746. The van der Waals surface area contributed by atoms with E-state index in [0.717, 1.165) is 0 Å². The second-order valence-corrected chi connectivity index (χ2v) is 3.60. The van der Waals surface area contributed by atoms with Gasteiger partial charge in [0.1, 0.15) is 0 Å². The molecule has 0 heterocycles. The quantitative estimate of drug-likeness (QED) is 0.759. The molecule has 0 radical (unpaired) electrons. The number of rotatable bonds is 3. The summed E-state index contributed by atoms with van der Waals surface area (Å²) in [5, 5.41) is 9.02. The van der Waals surface area contributed by atoms with Crippen LogP contribution < -0.4 is 5.73 Å². The zero-order chi connectivity index (χ0) is 11.4. The van der Waals surface area contributed by atoms with Gasteiger partial charge in [0.15, 0.2) is 0 Å². The first-order valence-corrected chi connectivity index (χ1v) is 4.85. The van der Waals surface area contributed by atoms with Gasteiger partial charge in [0.2, 0.25) is 0 Å². The van der Waals surface area contributed by atoms with Crippen LogP contribution in [0.5, 0.6) is 0 Å². The summed E-state index contributed by atoms with van der Waals surface area (Å²) in [7, 11) is 1.60. The van der Waals surface area contributed by atoms with Gasteiger partial charge in [-0.2, -0.15) is 0 Å². The van der Waals surface area contributed by atoms with Gasteiger partial charge in [-0.15, -0.1) is 0 Å². The van der Waals surface area contributed by atoms with Crippen molar-refractivity contribution in [2.75, 3.05) is 25.9 Å². The number of anilines is 1. The standard InChI is InChI=1S/C10H13ClN2O2/c1-13(4-5-14)10(15)8-3-2-7(12)6-9(8)11/h2-3,6,14H,4-5,12H2,1H3. The van der Waals surface area contributed by atoms with E-state index in [0.29, 0.717) is 16.3 Å². The van der Waals surface area contributed by atoms with Crippen molar-refractivity contribution in [3.63, 3.8) is 0 Å². The van der Waals surface area contributed by atoms with Gasteiger partial charge in [0.25, 0.3) is 5.91 Å². The molecule has 0 saturated carbocycles. The van der Waals surface area contributed by atoms with Crippen LogP contribution in [0.1, 0.15) is 10.4 Å². The van der Waals surface area contributed by atoms with Crippen LogP contribution in [-0.4, -0.2) is 36.1 Å². The number of nitrogens with zero attached hydrogens (tertiary/aromatic N) is 1. The summed E-state index contributed by atoms with van der Waals surface area (Å²) in [4.78, 5) is 13.2. The number of hydrogen-bond acceptors (Lipinski definition) is 3. The molecule has 0 spiro atoms. The maximum Gasteiger partial charge on any atom is 0.255 e. The van der Waals surface area contributed by atoms with E-state index in [1.165, 1.54) is 11.0 Å². The molecule has 1 aromatic carbocycles. The second kappa shape index (κ2) is 5.00. The van der Waals surface area contributed by atoms with Crippen LogP contribution >= 0.6 is 11.6 Å². The number of halogens is 1. The molecule has 4 nitrogen and oxygen atoms in total. The fourth-order valence-electron chi connectivity index (χ4n) is 1.16. The maximum absolute atomic E-state index is 11.8. The number of carbonyl (C=O) groups excluding carboxylic acids is 1. The summed E-state index contributed by atoms with van der Waals surface area (Å²) in [6.07, 6.45) is 0. The first-order chi connectivity index (χ1) is 7.06. The lowest BCUT2D eigenvalue weighted by Crippen LogP contribution is -2.29. The zero-order valence-corrected chi connectivity index (χ0v) is 9.16. The molecule has 0 saturated heterocycles. The van der Waals surface area contributed by atoms with Crippen LogP contribution in [0.25, 0.3) is 0 Å². The summed E-state index contributed by atoms with van der Waals surface area (Å²) < 4.78 is 0. The molecular weight excluding hydrogens is 216 g/mol. The topological polar surface area (TPSA) is 66.6 Å². The normalized spacial score (nSPS) is 10.1. The highest BCUT2D eigenvalue weighted by atomic mass is 35.5. The van der Waals surface area contributed by atoms with Crippen molar-refractivity contribution in [1.82, 2.24) is 4.90 Å². The van der Waals surface area contributed by atoms with Crippen molar-refractivity contribution < 1.29 is 9.90 Å². The number of aliphatic hydroxyl groups is 1. The van der Waals surface area contributed by atoms with Gasteiger partial charge in [0, 0.05) is 19.3 Å². The number of carbonyl (C=O) groups is 1. The number of aliphatic hydroxyl groups excluding tert-OH is 1. The van der Waals surface area contributed by atoms with Crippen LogP contribution in [0.15, 0.2) is 18.2 Å². The Morgan fingerprint density at radius 3 is 2.80 bits per heavy atom. The minimum Gasteiger partial charge on any atom is -0.399 e. The van der Waals surface area contributed by atoms with E-state index in [4.69, 9.17) is 22.4 Å². The Labute approximate surface area is 93.2 Å². The van der Waals surface area contributed by atoms with E-state index in [1.807, 2.05) is 0 Å². The Morgan fingerprint density at radius 2 is 2.27 bits per heavy atom. The summed E-state index contributed by atoms with van der Waals surface area (Å²) in [6.45, 7) is 0.203. The van der Waals surface area contributed by atoms with Crippen molar-refractivity contribution in [2.24, 2.45) is 0 Å². The number of benzene rings is 1. The summed E-state index contributed by atoms with van der Waals surface area (Å²) in [5.74, 6) is -0.228. The largest absolute Gasteiger partial charge is 0.399 e. The third-order valence-corrected chi connectivity index (χ3v) is 2.32. The molecule has 0 aliphatic rings. The second-order valence-electron chi connectivity index (χ2n) is 3.19. The number of likely N-dealkylation sites (N-methyl/N-ethyl adjacent to an activating group) is 1. The molecule has 0 unspecified atom stereocenters. The molecule has 15 heavy (non-hydrogen) atoms. The van der Waals surface area contributed by atoms with Crippen LogP contribution in [-0.2, 0) is 0 Å². The van der Waals surface area contributed by atoms with Gasteiger partial charge in [-0.25, -0.2) is 0 Å². The molecule has 0 aliphatic carbocycles. The van der Waals surface area contributed by atoms with Gasteiger partial charge in [0.05, 0.1) is 17.2 Å². The fourth-order valence-corrected chi connectivity index (χ4v) is 1.43. The lowest BCUT2D eigenvalue weighted by molar-refractivity contribution is 0.0767. The highest BCUT2D eigenvalue weighted by Crippen LogP contribution is 2.20. The van der Waals surface area contributed by atoms with Gasteiger partial charge in [-0.1, -0.05) is 11.6 Å². The van der Waals surface area contributed by atoms with Crippen LogP contribution in [0.3, 0.4) is 0 Å². The van der Waals surface area contributed by atoms with Crippen molar-refractivity contribution in [1.29, 1.82) is 0 Å². The van der Waals surface area contributed by atoms with Crippen LogP contribution in [0, 0.1) is 0 Å². The molecule has 82 valence electrons. The molecular formula is C10H13ClN2O2. The van der Waals surface area contributed by atoms with E-state index in [1.54, 1.807) is 19.2 Å². The van der Waals surface area contributed by atoms with E-state index in [9.17, 15) is 4.79 Å². The van der Waals surface area contributed by atoms with Crippen molar-refractivity contribution in [3.8, 4) is 0 Å². The summed E-state index contributed by atoms with van der Waals surface area (Å²) in [5.41, 5.74) is 6.42. The van der Waals surface area contributed by atoms with E-state index in [-0.39, 0.29) is 19.1 Å². The molecule has 0 aromatic heterocycles. The third-order valence-electron chi connectivity index (χ3n) is 2.01. The number of nitrogens with two attached hydrogens (primary N) is 1. The molecule has 1 aromatic rings. The summed E-state index contributed by atoms with van der Waals surface area (Å²) >= 11 is 5.88. The molecule has 0 aliphatic heterocycles. The Morgan fingerprint density at radius 1 is 1.60 bits per heavy atom. The Kier molecular flexibility index (Phi) is 3.94. The highest BCUT2D eigenvalue weighted by molar-refractivity contribution is 6.34. The average Bonchev–Trinajstić information content (AvgIpc) is 2.17. The highest BCUT2D eigenvalue weighted by Gasteiger charge is 2.14. The van der Waals surface area contributed by atoms with E-state index in [2.05, 4.69) is 0 Å². The molecule has 0 fully saturated rings. The molecule has 0 atom stereocenters. The lowest BCUT2D eigenvalue weighted by atomic mass is 10.2. The van der Waals surface area contributed by atoms with Crippen LogP contribution in [0.4, 0.5) is 5.69 Å². The maximum atomic E-state index is 11.8. The van der Waals surface area contributed by atoms with Gasteiger partial charge in [-0.3, -0.25) is 4.79 Å². The first kappa shape index (κ1) is 11.8. The molecule has 3 N–H and O–H groups in total. The average molecular weight is 229 g/mol. The Hall–Kier alpha value is -1.26. The van der Waals surface area contributed by atoms with Crippen molar-refractivity contribution in [3.05, 3.63) is 28.8 Å². The fraction of sp³-hybridized carbons (Fsp3) is 0.300. The Balaban J connectivity index is 2.91. The van der Waals surface area contributed by atoms with Crippen LogP contribution in [0.2, 0.25) is 5.02 Å². The lowest BCUT2D eigenvalue weighted by Gasteiger charge is -2.16. The minimum atomic E-state index is -0.228. The van der Waals surface area contributed by atoms with E-state index >= 15 is 0 Å². The molecule has 1 amide bonds.